The molecule has 0 aliphatic carbocycles. The molecule has 0 saturated heterocycles. The average Bonchev–Trinajstić information content (AvgIpc) is 2.15. The van der Waals surface area contributed by atoms with Gasteiger partial charge < -0.3 is 10.4 Å². The van der Waals surface area contributed by atoms with Crippen molar-refractivity contribution in [3.63, 3.8) is 0 Å². The molecule has 2 N–H and O–H groups in total. The summed E-state index contributed by atoms with van der Waals surface area (Å²) in [5.41, 5.74) is 0.930. The van der Waals surface area contributed by atoms with Crippen LogP contribution in [-0.2, 0) is 4.79 Å². The molecule has 0 radical (unpaired) electrons. The molecule has 0 saturated carbocycles. The quantitative estimate of drug-likeness (QED) is 0.863. The standard InChI is InChI=1S/C10H12ClNO2.ClH/c1-12-9(6-10(13)14)7-2-4-8(11)5-3-7;/h2-5,9,12H,6H2,1H3,(H,13,14);1H/t9-;/m0./s1. The van der Waals surface area contributed by atoms with E-state index >= 15 is 0 Å². The molecular formula is C10H13Cl2NO2. The van der Waals surface area contributed by atoms with Gasteiger partial charge in [0, 0.05) is 11.1 Å². The molecule has 0 spiro atoms. The first kappa shape index (κ1) is 14.2. The van der Waals surface area contributed by atoms with Gasteiger partial charge in [-0.1, -0.05) is 23.7 Å². The second kappa shape index (κ2) is 6.67. The maximum absolute atomic E-state index is 10.5. The number of rotatable bonds is 4. The van der Waals surface area contributed by atoms with Crippen molar-refractivity contribution in [3.8, 4) is 0 Å². The number of hydrogen-bond acceptors (Lipinski definition) is 2. The molecule has 1 aromatic carbocycles. The monoisotopic (exact) mass is 249 g/mol. The molecule has 15 heavy (non-hydrogen) atoms. The summed E-state index contributed by atoms with van der Waals surface area (Å²) in [6.07, 6.45) is 0.0676. The summed E-state index contributed by atoms with van der Waals surface area (Å²) in [5.74, 6) is -0.820. The van der Waals surface area contributed by atoms with Gasteiger partial charge in [-0.2, -0.15) is 0 Å². The second-order valence-corrected chi connectivity index (χ2v) is 3.43. The van der Waals surface area contributed by atoms with Gasteiger partial charge in [-0.3, -0.25) is 4.79 Å². The number of benzene rings is 1. The summed E-state index contributed by atoms with van der Waals surface area (Å²) in [4.78, 5) is 10.5. The average molecular weight is 250 g/mol. The van der Waals surface area contributed by atoms with Crippen molar-refractivity contribution in [2.75, 3.05) is 7.05 Å². The Morgan fingerprint density at radius 1 is 1.47 bits per heavy atom. The molecule has 1 atom stereocenters. The molecule has 3 nitrogen and oxygen atoms in total. The van der Waals surface area contributed by atoms with E-state index in [1.54, 1.807) is 19.2 Å². The van der Waals surface area contributed by atoms with Crippen LogP contribution in [0.15, 0.2) is 24.3 Å². The summed E-state index contributed by atoms with van der Waals surface area (Å²) in [6.45, 7) is 0. The molecule has 1 rings (SSSR count). The Labute approximate surface area is 99.9 Å². The molecule has 1 aromatic rings. The molecule has 0 aliphatic rings. The van der Waals surface area contributed by atoms with Crippen molar-refractivity contribution in [2.45, 2.75) is 12.5 Å². The van der Waals surface area contributed by atoms with Gasteiger partial charge in [-0.25, -0.2) is 0 Å². The predicted octanol–water partition coefficient (Wildman–Crippen LogP) is 2.50. The van der Waals surface area contributed by atoms with Crippen LogP contribution in [0.4, 0.5) is 0 Å². The molecule has 0 aromatic heterocycles. The van der Waals surface area contributed by atoms with Crippen LogP contribution in [0, 0.1) is 0 Å². The van der Waals surface area contributed by atoms with Crippen LogP contribution in [0.3, 0.4) is 0 Å². The third-order valence-electron chi connectivity index (χ3n) is 2.00. The highest BCUT2D eigenvalue weighted by Gasteiger charge is 2.12. The molecule has 0 heterocycles. The maximum Gasteiger partial charge on any atom is 0.305 e. The molecular weight excluding hydrogens is 237 g/mol. The van der Waals surface area contributed by atoms with E-state index in [0.29, 0.717) is 5.02 Å². The summed E-state index contributed by atoms with van der Waals surface area (Å²) >= 11 is 5.73. The highest BCUT2D eigenvalue weighted by molar-refractivity contribution is 6.30. The zero-order valence-corrected chi connectivity index (χ0v) is 9.81. The van der Waals surface area contributed by atoms with E-state index in [1.807, 2.05) is 12.1 Å². The van der Waals surface area contributed by atoms with Gasteiger partial charge in [0.25, 0.3) is 0 Å². The number of carboxylic acid groups (broad SMARTS) is 1. The molecule has 0 amide bonds. The fourth-order valence-electron chi connectivity index (χ4n) is 1.26. The van der Waals surface area contributed by atoms with E-state index in [4.69, 9.17) is 16.7 Å². The van der Waals surface area contributed by atoms with Crippen LogP contribution in [0.25, 0.3) is 0 Å². The summed E-state index contributed by atoms with van der Waals surface area (Å²) < 4.78 is 0. The fraction of sp³-hybridized carbons (Fsp3) is 0.300. The Morgan fingerprint density at radius 3 is 2.40 bits per heavy atom. The number of carboxylic acids is 1. The van der Waals surface area contributed by atoms with Gasteiger partial charge in [0.1, 0.15) is 0 Å². The number of carbonyl (C=O) groups is 1. The lowest BCUT2D eigenvalue weighted by atomic mass is 10.0. The molecule has 0 bridgehead atoms. The number of hydrogen-bond donors (Lipinski definition) is 2. The molecule has 5 heteroatoms. The first-order valence-electron chi connectivity index (χ1n) is 4.28. The van der Waals surface area contributed by atoms with Crippen LogP contribution in [-0.4, -0.2) is 18.1 Å². The van der Waals surface area contributed by atoms with E-state index in [0.717, 1.165) is 5.56 Å². The largest absolute Gasteiger partial charge is 0.481 e. The zero-order chi connectivity index (χ0) is 10.6. The molecule has 0 aliphatic heterocycles. The third-order valence-corrected chi connectivity index (χ3v) is 2.25. The SMILES string of the molecule is CN[C@@H](CC(=O)O)c1ccc(Cl)cc1.Cl. The van der Waals surface area contributed by atoms with Crippen LogP contribution in [0.1, 0.15) is 18.0 Å². The van der Waals surface area contributed by atoms with E-state index in [1.165, 1.54) is 0 Å². The molecule has 0 fully saturated rings. The summed E-state index contributed by atoms with van der Waals surface area (Å²) in [6, 6.07) is 7.00. The van der Waals surface area contributed by atoms with Gasteiger partial charge in [0.05, 0.1) is 6.42 Å². The Balaban J connectivity index is 0.00000196. The van der Waals surface area contributed by atoms with Crippen molar-refractivity contribution in [3.05, 3.63) is 34.9 Å². The first-order chi connectivity index (χ1) is 6.63. The van der Waals surface area contributed by atoms with Crippen molar-refractivity contribution in [1.29, 1.82) is 0 Å². The lowest BCUT2D eigenvalue weighted by molar-refractivity contribution is -0.137. The predicted molar refractivity (Wildman–Crippen MR) is 62.8 cm³/mol. The van der Waals surface area contributed by atoms with E-state index in [9.17, 15) is 4.79 Å². The second-order valence-electron chi connectivity index (χ2n) is 2.99. The van der Waals surface area contributed by atoms with Crippen molar-refractivity contribution in [1.82, 2.24) is 5.32 Å². The minimum atomic E-state index is -0.820. The zero-order valence-electron chi connectivity index (χ0n) is 8.24. The summed E-state index contributed by atoms with van der Waals surface area (Å²) in [5, 5.41) is 12.3. The maximum atomic E-state index is 10.5. The fourth-order valence-corrected chi connectivity index (χ4v) is 1.38. The van der Waals surface area contributed by atoms with E-state index < -0.39 is 5.97 Å². The Kier molecular flexibility index (Phi) is 6.32. The smallest absolute Gasteiger partial charge is 0.305 e. The summed E-state index contributed by atoms with van der Waals surface area (Å²) in [7, 11) is 1.74. The van der Waals surface area contributed by atoms with Crippen LogP contribution in [0.2, 0.25) is 5.02 Å². The van der Waals surface area contributed by atoms with E-state index in [2.05, 4.69) is 5.32 Å². The van der Waals surface area contributed by atoms with Crippen LogP contribution in [0.5, 0.6) is 0 Å². The highest BCUT2D eigenvalue weighted by Crippen LogP contribution is 2.18. The lowest BCUT2D eigenvalue weighted by Crippen LogP contribution is -2.19. The minimum Gasteiger partial charge on any atom is -0.481 e. The van der Waals surface area contributed by atoms with Crippen molar-refractivity contribution in [2.24, 2.45) is 0 Å². The number of nitrogens with one attached hydrogen (secondary N) is 1. The molecule has 84 valence electrons. The van der Waals surface area contributed by atoms with Crippen molar-refractivity contribution >= 4 is 30.0 Å². The van der Waals surface area contributed by atoms with Gasteiger partial charge in [0.2, 0.25) is 0 Å². The van der Waals surface area contributed by atoms with Gasteiger partial charge in [-0.05, 0) is 24.7 Å². The van der Waals surface area contributed by atoms with Gasteiger partial charge in [0.15, 0.2) is 0 Å². The Bertz CT molecular complexity index is 314. The van der Waals surface area contributed by atoms with Crippen LogP contribution >= 0.6 is 24.0 Å². The normalized spacial score (nSPS) is 11.6. The van der Waals surface area contributed by atoms with Crippen molar-refractivity contribution < 1.29 is 9.90 Å². The number of halogens is 2. The third kappa shape index (κ3) is 4.51. The van der Waals surface area contributed by atoms with Crippen LogP contribution < -0.4 is 5.32 Å². The lowest BCUT2D eigenvalue weighted by Gasteiger charge is -2.13. The topological polar surface area (TPSA) is 49.3 Å². The van der Waals surface area contributed by atoms with Gasteiger partial charge in [-0.15, -0.1) is 12.4 Å². The number of aliphatic carboxylic acids is 1. The minimum absolute atomic E-state index is 0. The van der Waals surface area contributed by atoms with Gasteiger partial charge >= 0.3 is 5.97 Å². The Morgan fingerprint density at radius 2 is 2.00 bits per heavy atom. The highest BCUT2D eigenvalue weighted by atomic mass is 35.5. The van der Waals surface area contributed by atoms with E-state index in [-0.39, 0.29) is 24.9 Å². The first-order valence-corrected chi connectivity index (χ1v) is 4.66. The molecule has 0 unspecified atom stereocenters. The Hall–Kier alpha value is -0.770.